The highest BCUT2D eigenvalue weighted by atomic mass is 16.7. The number of fused-ring (bicyclic) bond motifs is 3. The number of cyclic esters (lactones) is 1. The summed E-state index contributed by atoms with van der Waals surface area (Å²) in [5.41, 5.74) is -1.14. The largest absolute Gasteiger partial charge is 0.458 e. The van der Waals surface area contributed by atoms with Crippen molar-refractivity contribution in [3.63, 3.8) is 0 Å². The standard InChI is InChI=1S/C36H54N4O9/c1-12-25-36(8)29-20(4)26(38-23-14-13-15-37-31(23)40(29)34(44)49-36)18(2)17-35(7,45-11)30(21(5)27(41)22(6)32(43)47-25)48-33-28(42)24(39(9)10)16-19(3)46-33/h13-15,18-22,24-25,28-30,33,42H,12,16-17H2,1-11H3/t18-,19-,20?,21+,22?,24+,25+,28-,29+,30-,33+,35+,36-/m1/s1. The number of anilines is 1. The van der Waals surface area contributed by atoms with Gasteiger partial charge in [0.05, 0.1) is 23.9 Å². The summed E-state index contributed by atoms with van der Waals surface area (Å²) in [6.07, 6.45) is -1.84. The first-order valence-electron chi connectivity index (χ1n) is 17.5. The summed E-state index contributed by atoms with van der Waals surface area (Å²) >= 11 is 0. The summed E-state index contributed by atoms with van der Waals surface area (Å²) < 4.78 is 31.4. The highest BCUT2D eigenvalue weighted by Gasteiger charge is 2.62. The number of carbonyl (C=O) groups is 3. The molecule has 5 rings (SSSR count). The van der Waals surface area contributed by atoms with Crippen LogP contribution in [-0.2, 0) is 33.3 Å². The van der Waals surface area contributed by atoms with E-state index in [1.807, 2.05) is 59.7 Å². The van der Waals surface area contributed by atoms with Crippen molar-refractivity contribution in [2.75, 3.05) is 26.1 Å². The molecule has 13 atom stereocenters. The number of pyridine rings is 1. The molecular weight excluding hydrogens is 632 g/mol. The topological polar surface area (TPSA) is 149 Å². The Morgan fingerprint density at radius 2 is 1.80 bits per heavy atom. The first-order chi connectivity index (χ1) is 23.0. The van der Waals surface area contributed by atoms with Gasteiger partial charge in [-0.05, 0) is 79.1 Å². The van der Waals surface area contributed by atoms with E-state index in [-0.39, 0.29) is 24.0 Å². The zero-order valence-corrected chi connectivity index (χ0v) is 30.7. The summed E-state index contributed by atoms with van der Waals surface area (Å²) in [6.45, 7) is 14.7. The third kappa shape index (κ3) is 6.53. The Morgan fingerprint density at radius 1 is 1.10 bits per heavy atom. The predicted octanol–water partition coefficient (Wildman–Crippen LogP) is 4.31. The van der Waals surface area contributed by atoms with Crippen molar-refractivity contribution in [1.29, 1.82) is 0 Å². The van der Waals surface area contributed by atoms with Crippen LogP contribution < -0.4 is 4.90 Å². The Bertz CT molecular complexity index is 1450. The van der Waals surface area contributed by atoms with Gasteiger partial charge in [-0.1, -0.05) is 27.7 Å². The predicted molar refractivity (Wildman–Crippen MR) is 182 cm³/mol. The number of rotatable bonds is 5. The molecule has 3 saturated heterocycles. The summed E-state index contributed by atoms with van der Waals surface area (Å²) in [6, 6.07) is 2.70. The van der Waals surface area contributed by atoms with Crippen LogP contribution in [0.3, 0.4) is 0 Å². The molecule has 49 heavy (non-hydrogen) atoms. The number of methoxy groups -OCH3 is 1. The lowest BCUT2D eigenvalue weighted by Gasteiger charge is -2.47. The summed E-state index contributed by atoms with van der Waals surface area (Å²) in [4.78, 5) is 55.0. The zero-order valence-electron chi connectivity index (χ0n) is 30.7. The smallest absolute Gasteiger partial charge is 0.416 e. The van der Waals surface area contributed by atoms with E-state index in [0.29, 0.717) is 30.8 Å². The summed E-state index contributed by atoms with van der Waals surface area (Å²) in [7, 11) is 5.35. The molecule has 2 unspecified atom stereocenters. The third-order valence-corrected chi connectivity index (χ3v) is 11.3. The van der Waals surface area contributed by atoms with Crippen LogP contribution in [0.1, 0.15) is 74.7 Å². The van der Waals surface area contributed by atoms with Gasteiger partial charge in [-0.25, -0.2) is 9.78 Å². The quantitative estimate of drug-likeness (QED) is 0.349. The minimum absolute atomic E-state index is 0.221. The van der Waals surface area contributed by atoms with Gasteiger partial charge in [0.1, 0.15) is 23.8 Å². The summed E-state index contributed by atoms with van der Waals surface area (Å²) in [5.74, 6) is -3.47. The SMILES string of the molecule is CC[C@@H]1OC(=O)C(C)C(=O)[C@H](C)[C@@H](O[C@@H]2O[C@H](C)C[C@H](N(C)C)[C@H]2O)[C@@](C)(OC)C[C@@H](C)C2=Nc3cccnc3N3C(=O)O[C@@]1(C)[C@@H]3C2C. The highest BCUT2D eigenvalue weighted by Crippen LogP contribution is 2.48. The van der Waals surface area contributed by atoms with Gasteiger partial charge < -0.3 is 33.7 Å². The molecule has 13 nitrogen and oxygen atoms in total. The molecule has 5 heterocycles. The van der Waals surface area contributed by atoms with Crippen molar-refractivity contribution < 1.29 is 43.2 Å². The maximum absolute atomic E-state index is 14.2. The van der Waals surface area contributed by atoms with Gasteiger partial charge >= 0.3 is 12.1 Å². The number of hydrogen-bond donors (Lipinski definition) is 1. The molecule has 4 aliphatic heterocycles. The molecule has 13 heteroatoms. The number of hydrogen-bond acceptors (Lipinski definition) is 12. The van der Waals surface area contributed by atoms with E-state index in [0.717, 1.165) is 5.71 Å². The second-order valence-corrected chi connectivity index (χ2v) is 15.0. The van der Waals surface area contributed by atoms with E-state index < -0.39 is 71.5 Å². The van der Waals surface area contributed by atoms with Crippen LogP contribution in [-0.4, -0.2) is 114 Å². The number of aromatic nitrogens is 1. The zero-order chi connectivity index (χ0) is 36.2. The first-order valence-corrected chi connectivity index (χ1v) is 17.5. The Hall–Kier alpha value is -2.97. The van der Waals surface area contributed by atoms with Crippen LogP contribution in [0.25, 0.3) is 0 Å². The van der Waals surface area contributed by atoms with E-state index in [9.17, 15) is 19.5 Å². The third-order valence-electron chi connectivity index (χ3n) is 11.3. The van der Waals surface area contributed by atoms with Crippen molar-refractivity contribution in [1.82, 2.24) is 9.88 Å². The van der Waals surface area contributed by atoms with Crippen molar-refractivity contribution in [2.45, 2.75) is 129 Å². The van der Waals surface area contributed by atoms with Crippen LogP contribution in [0.5, 0.6) is 0 Å². The Balaban J connectivity index is 1.66. The maximum atomic E-state index is 14.2. The molecule has 0 aliphatic carbocycles. The molecule has 2 bridgehead atoms. The molecule has 3 fully saturated rings. The number of ether oxygens (including phenoxy) is 5. The number of aliphatic hydroxyl groups excluding tert-OH is 1. The van der Waals surface area contributed by atoms with Crippen molar-refractivity contribution in [2.24, 2.45) is 28.7 Å². The lowest BCUT2D eigenvalue weighted by atomic mass is 9.73. The molecule has 272 valence electrons. The van der Waals surface area contributed by atoms with E-state index >= 15 is 0 Å². The van der Waals surface area contributed by atoms with Gasteiger partial charge in [-0.15, -0.1) is 0 Å². The lowest BCUT2D eigenvalue weighted by molar-refractivity contribution is -0.295. The van der Waals surface area contributed by atoms with Crippen LogP contribution in [0.4, 0.5) is 16.3 Å². The van der Waals surface area contributed by atoms with E-state index in [4.69, 9.17) is 28.7 Å². The minimum atomic E-state index is -1.29. The van der Waals surface area contributed by atoms with Crippen molar-refractivity contribution in [3.05, 3.63) is 18.3 Å². The molecule has 1 N–H and O–H groups in total. The van der Waals surface area contributed by atoms with Crippen molar-refractivity contribution in [3.8, 4) is 0 Å². The van der Waals surface area contributed by atoms with E-state index in [2.05, 4.69) is 4.98 Å². The van der Waals surface area contributed by atoms with Gasteiger partial charge in [-0.3, -0.25) is 19.5 Å². The van der Waals surface area contributed by atoms with Gasteiger partial charge in [0.15, 0.2) is 23.5 Å². The number of aliphatic hydroxyl groups is 1. The Morgan fingerprint density at radius 3 is 2.43 bits per heavy atom. The Kier molecular flexibility index (Phi) is 10.6. The Labute approximate surface area is 289 Å². The van der Waals surface area contributed by atoms with E-state index in [1.165, 1.54) is 11.8 Å². The molecule has 0 radical (unpaired) electrons. The second-order valence-electron chi connectivity index (χ2n) is 15.0. The van der Waals surface area contributed by atoms with Gasteiger partial charge in [-0.2, -0.15) is 0 Å². The number of amides is 1. The molecule has 1 aromatic rings. The lowest BCUT2D eigenvalue weighted by Crippen LogP contribution is -2.60. The van der Waals surface area contributed by atoms with Crippen LogP contribution in [0.2, 0.25) is 0 Å². The number of carbonyl (C=O) groups excluding carboxylic acids is 3. The number of esters is 1. The van der Waals surface area contributed by atoms with Gasteiger partial charge in [0, 0.05) is 36.9 Å². The van der Waals surface area contributed by atoms with Crippen LogP contribution in [0, 0.1) is 23.7 Å². The molecular formula is C36H54N4O9. The van der Waals surface area contributed by atoms with E-state index in [1.54, 1.807) is 33.2 Å². The highest BCUT2D eigenvalue weighted by molar-refractivity contribution is 6.02. The van der Waals surface area contributed by atoms with Gasteiger partial charge in [0.25, 0.3) is 0 Å². The maximum Gasteiger partial charge on any atom is 0.416 e. The first kappa shape index (κ1) is 37.3. The number of ketones is 1. The molecule has 0 spiro atoms. The minimum Gasteiger partial charge on any atom is -0.458 e. The monoisotopic (exact) mass is 686 g/mol. The summed E-state index contributed by atoms with van der Waals surface area (Å²) in [5, 5.41) is 11.4. The molecule has 0 saturated carbocycles. The number of aliphatic imine (C=N–C) groups is 1. The van der Waals surface area contributed by atoms with Gasteiger partial charge in [0.2, 0.25) is 0 Å². The number of Topliss-reactive ketones (excluding diaryl/α,β-unsaturated/α-hetero) is 1. The molecule has 4 aliphatic rings. The average molecular weight is 687 g/mol. The van der Waals surface area contributed by atoms with Crippen molar-refractivity contribution >= 4 is 35.1 Å². The molecule has 1 amide bonds. The average Bonchev–Trinajstić information content (AvgIpc) is 3.25. The fourth-order valence-corrected chi connectivity index (χ4v) is 8.61. The van der Waals surface area contributed by atoms with Crippen LogP contribution >= 0.6 is 0 Å². The number of nitrogens with zero attached hydrogens (tertiary/aromatic N) is 4. The fourth-order valence-electron chi connectivity index (χ4n) is 8.61. The second kappa shape index (κ2) is 14.0. The molecule has 0 aromatic carbocycles. The fraction of sp³-hybridized carbons (Fsp3) is 0.750. The normalized spacial score (nSPS) is 41.7. The molecule has 1 aromatic heterocycles. The van der Waals surface area contributed by atoms with Crippen LogP contribution in [0.15, 0.2) is 23.3 Å². The number of likely N-dealkylation sites (N-methyl/N-ethyl adjacent to an activating group) is 1.